The van der Waals surface area contributed by atoms with Gasteiger partial charge in [-0.15, -0.1) is 0 Å². The molecular weight excluding hydrogens is 566 g/mol. The highest BCUT2D eigenvalue weighted by Crippen LogP contribution is 2.55. The van der Waals surface area contributed by atoms with E-state index < -0.39 is 63.8 Å². The van der Waals surface area contributed by atoms with Crippen molar-refractivity contribution in [3.8, 4) is 16.9 Å². The Bertz CT molecular complexity index is 1620. The number of hydrogen-bond donors (Lipinski definition) is 7. The highest BCUT2D eigenvalue weighted by molar-refractivity contribution is 6.23. The van der Waals surface area contributed by atoms with Crippen LogP contribution in [0, 0.1) is 23.7 Å². The molecule has 0 radical (unpaired) electrons. The Kier molecular flexibility index (Phi) is 8.02. The number of anilines is 1. The molecule has 2 aromatic carbocycles. The summed E-state index contributed by atoms with van der Waals surface area (Å²) in [6, 6.07) is 9.81. The number of phenolic OH excluding ortho intramolecular Hbond substituents is 1. The molecule has 11 heteroatoms. The second kappa shape index (κ2) is 11.5. The predicted molar refractivity (Wildman–Crippen MR) is 162 cm³/mol. The van der Waals surface area contributed by atoms with Crippen molar-refractivity contribution in [3.05, 3.63) is 64.4 Å². The van der Waals surface area contributed by atoms with Crippen molar-refractivity contribution >= 4 is 35.0 Å². The fourth-order valence-corrected chi connectivity index (χ4v) is 7.04. The standard InChI is InChI=1S/C33H37N3O8/c1-4-5-12-35-32(43)36-18-8-6-16(7-9-18)19-10-11-22(37)25-20(19)13-17-14-21-23(15(2)3)27(38)26(31(34)42)30(41)33(21,44)29(40)24(17)28(25)39/h6-11,15,17,21,23,37,39,41,44H,4-5,12-14H2,1-3H3,(H2,34,42)(H2,35,36,43)/t17-,21-,23-,33-/m0/s1. The first-order valence-electron chi connectivity index (χ1n) is 14.8. The molecule has 11 nitrogen and oxygen atoms in total. The predicted octanol–water partition coefficient (Wildman–Crippen LogP) is 3.89. The van der Waals surface area contributed by atoms with Crippen LogP contribution in [-0.2, 0) is 20.8 Å². The van der Waals surface area contributed by atoms with Gasteiger partial charge in [-0.1, -0.05) is 45.4 Å². The Morgan fingerprint density at radius 3 is 2.36 bits per heavy atom. The van der Waals surface area contributed by atoms with Gasteiger partial charge in [0.1, 0.15) is 22.8 Å². The van der Waals surface area contributed by atoms with E-state index in [1.165, 1.54) is 6.07 Å². The number of carbonyl (C=O) groups is 4. The van der Waals surface area contributed by atoms with Crippen molar-refractivity contribution in [3.63, 3.8) is 0 Å². The topological polar surface area (TPSA) is 199 Å². The summed E-state index contributed by atoms with van der Waals surface area (Å²) in [6.45, 7) is 6.04. The maximum atomic E-state index is 14.0. The van der Waals surface area contributed by atoms with Gasteiger partial charge < -0.3 is 36.8 Å². The maximum absolute atomic E-state index is 14.0. The fraction of sp³-hybridized carbons (Fsp3) is 0.394. The van der Waals surface area contributed by atoms with E-state index in [0.717, 1.165) is 18.4 Å². The number of aliphatic hydroxyl groups is 3. The minimum absolute atomic E-state index is 0.0209. The molecule has 232 valence electrons. The van der Waals surface area contributed by atoms with E-state index in [9.17, 15) is 39.6 Å². The fourth-order valence-electron chi connectivity index (χ4n) is 7.04. The number of hydrogen-bond acceptors (Lipinski definition) is 8. The highest BCUT2D eigenvalue weighted by atomic mass is 16.3. The van der Waals surface area contributed by atoms with Crippen LogP contribution < -0.4 is 16.4 Å². The Balaban J connectivity index is 1.56. The van der Waals surface area contributed by atoms with Crippen molar-refractivity contribution in [1.29, 1.82) is 0 Å². The van der Waals surface area contributed by atoms with Gasteiger partial charge in [0.05, 0.1) is 5.56 Å². The number of aliphatic hydroxyl groups excluding tert-OH is 2. The SMILES string of the molecule is CCCCNC(=O)Nc1ccc(-c2ccc(O)c3c2C[C@H]2C[C@H]4[C@H](C(C)C)C(=O)C(C(N)=O)=C(O)[C@@]4(O)C(=O)C2=C3O)cc1. The van der Waals surface area contributed by atoms with E-state index >= 15 is 0 Å². The van der Waals surface area contributed by atoms with Crippen LogP contribution in [0.4, 0.5) is 10.5 Å². The molecule has 0 heterocycles. The molecule has 1 saturated carbocycles. The first-order chi connectivity index (χ1) is 20.8. The number of Topliss-reactive ketones (excluding diaryl/α,β-unsaturated/α-hetero) is 2. The van der Waals surface area contributed by atoms with Gasteiger partial charge in [-0.2, -0.15) is 0 Å². The summed E-state index contributed by atoms with van der Waals surface area (Å²) < 4.78 is 0. The summed E-state index contributed by atoms with van der Waals surface area (Å²) in [5.74, 6) is -8.09. The van der Waals surface area contributed by atoms with Crippen LogP contribution in [-0.4, -0.2) is 56.1 Å². The zero-order chi connectivity index (χ0) is 32.1. The number of nitrogens with one attached hydrogen (secondary N) is 2. The lowest BCUT2D eigenvalue weighted by Crippen LogP contribution is -2.62. The summed E-state index contributed by atoms with van der Waals surface area (Å²) in [5, 5.41) is 50.7. The number of phenols is 1. The van der Waals surface area contributed by atoms with Crippen molar-refractivity contribution in [1.82, 2.24) is 5.32 Å². The molecule has 0 unspecified atom stereocenters. The number of unbranched alkanes of at least 4 members (excludes halogenated alkanes) is 1. The van der Waals surface area contributed by atoms with Crippen molar-refractivity contribution in [2.45, 2.75) is 52.1 Å². The van der Waals surface area contributed by atoms with E-state index in [1.807, 2.05) is 6.92 Å². The molecule has 4 atom stereocenters. The summed E-state index contributed by atoms with van der Waals surface area (Å²) in [6.07, 6.45) is 2.05. The number of rotatable bonds is 7. The maximum Gasteiger partial charge on any atom is 0.319 e. The van der Waals surface area contributed by atoms with Gasteiger partial charge >= 0.3 is 6.03 Å². The zero-order valence-electron chi connectivity index (χ0n) is 24.8. The molecule has 0 aromatic heterocycles. The van der Waals surface area contributed by atoms with E-state index in [-0.39, 0.29) is 35.8 Å². The minimum Gasteiger partial charge on any atom is -0.508 e. The number of carbonyl (C=O) groups excluding carboxylic acids is 4. The van der Waals surface area contributed by atoms with Gasteiger partial charge in [0.25, 0.3) is 5.91 Å². The number of ketones is 2. The lowest BCUT2D eigenvalue weighted by Gasteiger charge is -2.50. The summed E-state index contributed by atoms with van der Waals surface area (Å²) >= 11 is 0. The molecular formula is C33H37N3O8. The van der Waals surface area contributed by atoms with E-state index in [4.69, 9.17) is 5.73 Å². The van der Waals surface area contributed by atoms with Gasteiger partial charge in [-0.25, -0.2) is 4.79 Å². The Labute approximate surface area is 254 Å². The quantitative estimate of drug-likeness (QED) is 0.182. The molecule has 3 aliphatic rings. The average Bonchev–Trinajstić information content (AvgIpc) is 2.95. The lowest BCUT2D eigenvalue weighted by molar-refractivity contribution is -0.155. The summed E-state index contributed by atoms with van der Waals surface area (Å²) in [7, 11) is 0. The van der Waals surface area contributed by atoms with Crippen LogP contribution in [0.15, 0.2) is 53.3 Å². The molecule has 44 heavy (non-hydrogen) atoms. The molecule has 1 fully saturated rings. The van der Waals surface area contributed by atoms with Gasteiger partial charge in [-0.05, 0) is 66.0 Å². The minimum atomic E-state index is -2.65. The van der Waals surface area contributed by atoms with E-state index in [1.54, 1.807) is 44.2 Å². The molecule has 0 saturated heterocycles. The van der Waals surface area contributed by atoms with Crippen LogP contribution in [0.3, 0.4) is 0 Å². The Morgan fingerprint density at radius 1 is 1.07 bits per heavy atom. The van der Waals surface area contributed by atoms with Gasteiger partial charge in [0.15, 0.2) is 11.4 Å². The van der Waals surface area contributed by atoms with E-state index in [2.05, 4.69) is 10.6 Å². The summed E-state index contributed by atoms with van der Waals surface area (Å²) in [5.41, 5.74) is 4.30. The number of nitrogens with two attached hydrogens (primary N) is 1. The largest absolute Gasteiger partial charge is 0.508 e. The van der Waals surface area contributed by atoms with Gasteiger partial charge in [0.2, 0.25) is 5.78 Å². The third-order valence-corrected chi connectivity index (χ3v) is 9.12. The number of primary amides is 1. The highest BCUT2D eigenvalue weighted by Gasteiger charge is 2.64. The first-order valence-corrected chi connectivity index (χ1v) is 14.8. The Hall–Kier alpha value is -4.64. The van der Waals surface area contributed by atoms with Gasteiger partial charge in [-0.3, -0.25) is 14.4 Å². The number of fused-ring (bicyclic) bond motifs is 3. The third-order valence-electron chi connectivity index (χ3n) is 9.12. The molecule has 0 bridgehead atoms. The van der Waals surface area contributed by atoms with Crippen molar-refractivity contribution in [2.75, 3.05) is 11.9 Å². The smallest absolute Gasteiger partial charge is 0.319 e. The van der Waals surface area contributed by atoms with Crippen molar-refractivity contribution in [2.24, 2.45) is 29.4 Å². The molecule has 8 N–H and O–H groups in total. The molecule has 3 aliphatic carbocycles. The average molecular weight is 604 g/mol. The van der Waals surface area contributed by atoms with Crippen LogP contribution in [0.5, 0.6) is 5.75 Å². The van der Waals surface area contributed by atoms with Crippen LogP contribution in [0.2, 0.25) is 0 Å². The lowest BCUT2D eigenvalue weighted by atomic mass is 9.54. The second-order valence-corrected chi connectivity index (χ2v) is 12.1. The monoisotopic (exact) mass is 603 g/mol. The first kappa shape index (κ1) is 30.8. The number of urea groups is 1. The number of benzene rings is 2. The van der Waals surface area contributed by atoms with E-state index in [0.29, 0.717) is 23.4 Å². The van der Waals surface area contributed by atoms with Crippen LogP contribution in [0.25, 0.3) is 16.9 Å². The second-order valence-electron chi connectivity index (χ2n) is 12.1. The molecule has 5 rings (SSSR count). The van der Waals surface area contributed by atoms with Crippen LogP contribution >= 0.6 is 0 Å². The number of aromatic hydroxyl groups is 1. The molecule has 2 aromatic rings. The van der Waals surface area contributed by atoms with Crippen LogP contribution in [0.1, 0.15) is 51.2 Å². The zero-order valence-corrected chi connectivity index (χ0v) is 24.8. The normalized spacial score (nSPS) is 24.5. The molecule has 0 aliphatic heterocycles. The molecule has 3 amide bonds. The molecule has 0 spiro atoms. The summed E-state index contributed by atoms with van der Waals surface area (Å²) in [4.78, 5) is 51.7. The van der Waals surface area contributed by atoms with Crippen molar-refractivity contribution < 1.29 is 39.6 Å². The number of amides is 3. The van der Waals surface area contributed by atoms with Gasteiger partial charge in [0, 0.05) is 29.6 Å². The Morgan fingerprint density at radius 2 is 1.75 bits per heavy atom. The third kappa shape index (κ3) is 4.81.